The number of nitrogens with two attached hydrogens (primary N) is 1. The summed E-state index contributed by atoms with van der Waals surface area (Å²) < 4.78 is 0. The maximum absolute atomic E-state index is 5.66. The van der Waals surface area contributed by atoms with Gasteiger partial charge in [-0.3, -0.25) is 4.90 Å². The molecule has 0 radical (unpaired) electrons. The monoisotopic (exact) mass is 193 g/mol. The Morgan fingerprint density at radius 1 is 1.43 bits per heavy atom. The molecule has 0 spiro atoms. The van der Waals surface area contributed by atoms with Crippen LogP contribution in [0.3, 0.4) is 0 Å². The number of hydrogen-bond donors (Lipinski definition) is 2. The maximum Gasteiger partial charge on any atom is 0.0510 e. The van der Waals surface area contributed by atoms with E-state index in [4.69, 9.17) is 5.73 Å². The fourth-order valence-electron chi connectivity index (χ4n) is 2.30. The second-order valence-electron chi connectivity index (χ2n) is 3.96. The normalized spacial score (nSPS) is 20.1. The van der Waals surface area contributed by atoms with E-state index >= 15 is 0 Å². The average Bonchev–Trinajstić information content (AvgIpc) is 2.87. The molecule has 14 heavy (non-hydrogen) atoms. The van der Waals surface area contributed by atoms with Gasteiger partial charge in [-0.1, -0.05) is 0 Å². The molecular formula is C11H19N3. The number of nitrogens with one attached hydrogen (secondary N) is 1. The molecule has 1 aliphatic heterocycles. The fraction of sp³-hybridized carbons (Fsp3) is 0.636. The van der Waals surface area contributed by atoms with Crippen LogP contribution in [0.15, 0.2) is 18.3 Å². The minimum atomic E-state index is 0.512. The third-order valence-electron chi connectivity index (χ3n) is 3.00. The van der Waals surface area contributed by atoms with Gasteiger partial charge in [-0.25, -0.2) is 0 Å². The van der Waals surface area contributed by atoms with Crippen LogP contribution < -0.4 is 5.73 Å². The van der Waals surface area contributed by atoms with Crippen molar-refractivity contribution in [3.63, 3.8) is 0 Å². The number of aromatic amines is 1. The van der Waals surface area contributed by atoms with Gasteiger partial charge in [-0.05, 0) is 51.0 Å². The highest BCUT2D eigenvalue weighted by atomic mass is 15.2. The first kappa shape index (κ1) is 9.74. The molecule has 0 aliphatic carbocycles. The summed E-state index contributed by atoms with van der Waals surface area (Å²) in [7, 11) is 0. The van der Waals surface area contributed by atoms with Gasteiger partial charge in [0.15, 0.2) is 0 Å². The quantitative estimate of drug-likeness (QED) is 0.761. The summed E-state index contributed by atoms with van der Waals surface area (Å²) in [5.41, 5.74) is 6.98. The van der Waals surface area contributed by atoms with E-state index in [0.29, 0.717) is 6.04 Å². The summed E-state index contributed by atoms with van der Waals surface area (Å²) in [4.78, 5) is 5.84. The van der Waals surface area contributed by atoms with Crippen molar-refractivity contribution in [1.82, 2.24) is 9.88 Å². The zero-order valence-electron chi connectivity index (χ0n) is 8.58. The van der Waals surface area contributed by atoms with Crippen LogP contribution in [0.25, 0.3) is 0 Å². The van der Waals surface area contributed by atoms with Crippen LogP contribution in [-0.2, 0) is 0 Å². The number of hydrogen-bond acceptors (Lipinski definition) is 2. The molecule has 0 amide bonds. The van der Waals surface area contributed by atoms with E-state index in [1.807, 2.05) is 6.20 Å². The molecule has 1 atom stereocenters. The lowest BCUT2D eigenvalue weighted by Gasteiger charge is -2.26. The molecule has 2 rings (SSSR count). The Labute approximate surface area is 85.3 Å². The van der Waals surface area contributed by atoms with Gasteiger partial charge in [-0.15, -0.1) is 0 Å². The van der Waals surface area contributed by atoms with E-state index in [9.17, 15) is 0 Å². The van der Waals surface area contributed by atoms with Crippen LogP contribution in [-0.4, -0.2) is 29.5 Å². The highest BCUT2D eigenvalue weighted by molar-refractivity contribution is 5.10. The first-order valence-corrected chi connectivity index (χ1v) is 5.49. The molecule has 1 aliphatic rings. The molecular weight excluding hydrogens is 174 g/mol. The molecule has 3 N–H and O–H groups in total. The first-order chi connectivity index (χ1) is 6.92. The van der Waals surface area contributed by atoms with E-state index in [2.05, 4.69) is 22.0 Å². The zero-order chi connectivity index (χ0) is 9.80. The SMILES string of the molecule is NCCC(c1ccc[nH]1)N1CCCC1. The third kappa shape index (κ3) is 1.99. The lowest BCUT2D eigenvalue weighted by molar-refractivity contribution is 0.232. The number of rotatable bonds is 4. The van der Waals surface area contributed by atoms with Gasteiger partial charge in [-0.2, -0.15) is 0 Å². The van der Waals surface area contributed by atoms with Crippen LogP contribution >= 0.6 is 0 Å². The van der Waals surface area contributed by atoms with E-state index in [1.54, 1.807) is 0 Å². The molecule has 3 heteroatoms. The van der Waals surface area contributed by atoms with Gasteiger partial charge in [0.05, 0.1) is 6.04 Å². The second kappa shape index (κ2) is 4.62. The number of H-pyrrole nitrogens is 1. The van der Waals surface area contributed by atoms with Crippen LogP contribution in [0.2, 0.25) is 0 Å². The molecule has 0 bridgehead atoms. The predicted molar refractivity (Wildman–Crippen MR) is 58.0 cm³/mol. The summed E-state index contributed by atoms with van der Waals surface area (Å²) in [6.45, 7) is 3.22. The van der Waals surface area contributed by atoms with Gasteiger partial charge in [0, 0.05) is 11.9 Å². The van der Waals surface area contributed by atoms with Gasteiger partial charge >= 0.3 is 0 Å². The van der Waals surface area contributed by atoms with E-state index < -0.39 is 0 Å². The van der Waals surface area contributed by atoms with Crippen LogP contribution in [0.4, 0.5) is 0 Å². The van der Waals surface area contributed by atoms with Gasteiger partial charge < -0.3 is 10.7 Å². The van der Waals surface area contributed by atoms with Crippen molar-refractivity contribution in [3.05, 3.63) is 24.0 Å². The summed E-state index contributed by atoms with van der Waals surface area (Å²) in [5.74, 6) is 0. The Hall–Kier alpha value is -0.800. The number of nitrogens with zero attached hydrogens (tertiary/aromatic N) is 1. The highest BCUT2D eigenvalue weighted by Gasteiger charge is 2.22. The molecule has 1 fully saturated rings. The van der Waals surface area contributed by atoms with Crippen LogP contribution in [0.5, 0.6) is 0 Å². The lowest BCUT2D eigenvalue weighted by Crippen LogP contribution is -2.27. The molecule has 2 heterocycles. The average molecular weight is 193 g/mol. The van der Waals surface area contributed by atoms with Crippen LogP contribution in [0.1, 0.15) is 31.0 Å². The van der Waals surface area contributed by atoms with Crippen LogP contribution in [0, 0.1) is 0 Å². The molecule has 0 saturated carbocycles. The zero-order valence-corrected chi connectivity index (χ0v) is 8.58. The predicted octanol–water partition coefficient (Wildman–Crippen LogP) is 1.50. The topological polar surface area (TPSA) is 45.1 Å². The van der Waals surface area contributed by atoms with Crippen molar-refractivity contribution in [2.75, 3.05) is 19.6 Å². The van der Waals surface area contributed by atoms with Crippen molar-refractivity contribution in [3.8, 4) is 0 Å². The summed E-state index contributed by atoms with van der Waals surface area (Å²) in [6, 6.07) is 4.74. The third-order valence-corrected chi connectivity index (χ3v) is 3.00. The number of likely N-dealkylation sites (tertiary alicyclic amines) is 1. The molecule has 1 saturated heterocycles. The Bertz CT molecular complexity index is 250. The molecule has 1 unspecified atom stereocenters. The summed E-state index contributed by atoms with van der Waals surface area (Å²) in [6.07, 6.45) is 5.72. The second-order valence-corrected chi connectivity index (χ2v) is 3.96. The number of aromatic nitrogens is 1. The van der Waals surface area contributed by atoms with Gasteiger partial charge in [0.25, 0.3) is 0 Å². The van der Waals surface area contributed by atoms with Gasteiger partial charge in [0.1, 0.15) is 0 Å². The Morgan fingerprint density at radius 3 is 2.79 bits per heavy atom. The minimum Gasteiger partial charge on any atom is -0.364 e. The van der Waals surface area contributed by atoms with E-state index in [-0.39, 0.29) is 0 Å². The fourth-order valence-corrected chi connectivity index (χ4v) is 2.30. The van der Waals surface area contributed by atoms with E-state index in [0.717, 1.165) is 13.0 Å². The standard InChI is InChI=1S/C11H19N3/c12-6-5-11(10-4-3-7-13-10)14-8-1-2-9-14/h3-4,7,11,13H,1-2,5-6,8-9,12H2. The minimum absolute atomic E-state index is 0.512. The van der Waals surface area contributed by atoms with Crippen molar-refractivity contribution < 1.29 is 0 Å². The maximum atomic E-state index is 5.66. The van der Waals surface area contributed by atoms with Crippen molar-refractivity contribution in [2.45, 2.75) is 25.3 Å². The highest BCUT2D eigenvalue weighted by Crippen LogP contribution is 2.26. The molecule has 0 aromatic carbocycles. The van der Waals surface area contributed by atoms with Gasteiger partial charge in [0.2, 0.25) is 0 Å². The van der Waals surface area contributed by atoms with E-state index in [1.165, 1.54) is 31.6 Å². The van der Waals surface area contributed by atoms with Crippen molar-refractivity contribution >= 4 is 0 Å². The molecule has 78 valence electrons. The Morgan fingerprint density at radius 2 is 2.21 bits per heavy atom. The summed E-state index contributed by atoms with van der Waals surface area (Å²) >= 11 is 0. The smallest absolute Gasteiger partial charge is 0.0510 e. The largest absolute Gasteiger partial charge is 0.364 e. The Kier molecular flexibility index (Phi) is 3.22. The Balaban J connectivity index is 2.06. The molecule has 1 aromatic rings. The first-order valence-electron chi connectivity index (χ1n) is 5.49. The molecule has 1 aromatic heterocycles. The summed E-state index contributed by atoms with van der Waals surface area (Å²) in [5, 5.41) is 0. The van der Waals surface area contributed by atoms with Crippen molar-refractivity contribution in [2.24, 2.45) is 5.73 Å². The van der Waals surface area contributed by atoms with Crippen molar-refractivity contribution in [1.29, 1.82) is 0 Å². The molecule has 3 nitrogen and oxygen atoms in total. The lowest BCUT2D eigenvalue weighted by atomic mass is 10.1.